The summed E-state index contributed by atoms with van der Waals surface area (Å²) in [5.74, 6) is -0.371. The monoisotopic (exact) mass is 530 g/mol. The maximum absolute atomic E-state index is 13.5. The molecule has 2 aliphatic rings. The molecule has 38 heavy (non-hydrogen) atoms. The zero-order valence-corrected chi connectivity index (χ0v) is 21.7. The molecular weight excluding hydrogens is 497 g/mol. The zero-order chi connectivity index (χ0) is 27.4. The van der Waals surface area contributed by atoms with Crippen molar-refractivity contribution in [3.8, 4) is 0 Å². The van der Waals surface area contributed by atoms with Crippen molar-refractivity contribution in [3.05, 3.63) is 59.2 Å². The minimum Gasteiger partial charge on any atom is -0.369 e. The lowest BCUT2D eigenvalue weighted by molar-refractivity contribution is -0.137. The van der Waals surface area contributed by atoms with Gasteiger partial charge in [0.05, 0.1) is 11.1 Å². The molecule has 1 aliphatic heterocycles. The third kappa shape index (κ3) is 6.28. The normalized spacial score (nSPS) is 16.1. The number of carbonyl (C=O) groups excluding carboxylic acids is 3. The van der Waals surface area contributed by atoms with E-state index in [0.29, 0.717) is 50.5 Å². The van der Waals surface area contributed by atoms with Gasteiger partial charge in [-0.25, -0.2) is 0 Å². The van der Waals surface area contributed by atoms with Crippen molar-refractivity contribution in [2.45, 2.75) is 39.3 Å². The van der Waals surface area contributed by atoms with Crippen LogP contribution in [-0.4, -0.2) is 66.8 Å². The number of amides is 3. The summed E-state index contributed by atoms with van der Waals surface area (Å²) in [6.45, 7) is 7.36. The van der Waals surface area contributed by atoms with Crippen LogP contribution in [0.1, 0.15) is 59.4 Å². The van der Waals surface area contributed by atoms with Gasteiger partial charge in [-0.05, 0) is 75.6 Å². The molecule has 10 heteroatoms. The predicted octanol–water partition coefficient (Wildman–Crippen LogP) is 4.89. The molecule has 2 aromatic carbocycles. The van der Waals surface area contributed by atoms with Crippen LogP contribution >= 0.6 is 0 Å². The first-order chi connectivity index (χ1) is 18.1. The molecule has 4 rings (SSSR count). The molecule has 1 saturated carbocycles. The molecule has 0 radical (unpaired) electrons. The van der Waals surface area contributed by atoms with Crippen LogP contribution in [0.3, 0.4) is 0 Å². The number of hydrogen-bond donors (Lipinski definition) is 1. The van der Waals surface area contributed by atoms with E-state index in [1.807, 2.05) is 18.7 Å². The molecule has 1 N–H and O–H groups in total. The summed E-state index contributed by atoms with van der Waals surface area (Å²) in [5.41, 5.74) is 0.776. The van der Waals surface area contributed by atoms with Gasteiger partial charge in [0, 0.05) is 62.1 Å². The molecule has 0 atom stereocenters. The summed E-state index contributed by atoms with van der Waals surface area (Å²) in [4.78, 5) is 44.5. The fourth-order valence-electron chi connectivity index (χ4n) is 4.72. The Hall–Kier alpha value is -3.56. The molecule has 0 spiro atoms. The molecule has 1 saturated heterocycles. The van der Waals surface area contributed by atoms with Gasteiger partial charge in [-0.1, -0.05) is 0 Å². The molecule has 1 aliphatic carbocycles. The van der Waals surface area contributed by atoms with Crippen LogP contribution in [0.2, 0.25) is 0 Å². The molecule has 1 heterocycles. The van der Waals surface area contributed by atoms with Crippen LogP contribution in [0.4, 0.5) is 24.5 Å². The van der Waals surface area contributed by atoms with Gasteiger partial charge in [-0.15, -0.1) is 0 Å². The smallest absolute Gasteiger partial charge is 0.369 e. The van der Waals surface area contributed by atoms with Crippen LogP contribution < -0.4 is 10.2 Å². The van der Waals surface area contributed by atoms with E-state index in [-0.39, 0.29) is 23.3 Å². The highest BCUT2D eigenvalue weighted by atomic mass is 19.4. The number of rotatable bonds is 7. The van der Waals surface area contributed by atoms with Gasteiger partial charge >= 0.3 is 6.18 Å². The second kappa shape index (κ2) is 11.4. The Labute approximate surface area is 220 Å². The first-order valence-corrected chi connectivity index (χ1v) is 13.1. The van der Waals surface area contributed by atoms with Crippen molar-refractivity contribution in [1.82, 2.24) is 9.80 Å². The van der Waals surface area contributed by atoms with Crippen molar-refractivity contribution in [2.24, 2.45) is 5.92 Å². The highest BCUT2D eigenvalue weighted by Gasteiger charge is 2.34. The average Bonchev–Trinajstić information content (AvgIpc) is 3.76. The van der Waals surface area contributed by atoms with E-state index in [0.717, 1.165) is 49.2 Å². The molecule has 0 unspecified atom stereocenters. The highest BCUT2D eigenvalue weighted by molar-refractivity contribution is 6.06. The number of nitrogens with one attached hydrogen (secondary N) is 1. The fraction of sp³-hybridized carbons (Fsp3) is 0.464. The number of anilines is 2. The lowest BCUT2D eigenvalue weighted by Gasteiger charge is -2.28. The first-order valence-electron chi connectivity index (χ1n) is 13.1. The summed E-state index contributed by atoms with van der Waals surface area (Å²) in [6.07, 6.45) is -1.79. The van der Waals surface area contributed by atoms with E-state index in [9.17, 15) is 27.6 Å². The van der Waals surface area contributed by atoms with Crippen LogP contribution in [0.25, 0.3) is 0 Å². The zero-order valence-electron chi connectivity index (χ0n) is 21.7. The second-order valence-corrected chi connectivity index (χ2v) is 9.68. The average molecular weight is 531 g/mol. The van der Waals surface area contributed by atoms with E-state index >= 15 is 0 Å². The SMILES string of the molecule is CCN(CC)C(=O)c1cc(NC(=O)c2ccc(C(F)(F)F)cc2)ccc1N1CCCN(C(=O)C2CC2)CC1. The van der Waals surface area contributed by atoms with Crippen LogP contribution in [0.15, 0.2) is 42.5 Å². The topological polar surface area (TPSA) is 73.0 Å². The number of nitrogens with zero attached hydrogens (tertiary/aromatic N) is 3. The van der Waals surface area contributed by atoms with E-state index in [1.165, 1.54) is 0 Å². The molecule has 0 bridgehead atoms. The molecule has 2 aromatic rings. The lowest BCUT2D eigenvalue weighted by Crippen LogP contribution is -2.37. The van der Waals surface area contributed by atoms with Gasteiger partial charge < -0.3 is 20.0 Å². The Morgan fingerprint density at radius 2 is 1.63 bits per heavy atom. The van der Waals surface area contributed by atoms with Crippen molar-refractivity contribution >= 4 is 29.1 Å². The van der Waals surface area contributed by atoms with Crippen LogP contribution in [0.5, 0.6) is 0 Å². The Morgan fingerprint density at radius 1 is 0.947 bits per heavy atom. The highest BCUT2D eigenvalue weighted by Crippen LogP contribution is 2.33. The fourth-order valence-corrected chi connectivity index (χ4v) is 4.72. The van der Waals surface area contributed by atoms with E-state index in [1.54, 1.807) is 23.1 Å². The van der Waals surface area contributed by atoms with Crippen molar-refractivity contribution in [2.75, 3.05) is 49.5 Å². The van der Waals surface area contributed by atoms with Gasteiger partial charge in [0.15, 0.2) is 0 Å². The maximum Gasteiger partial charge on any atom is 0.416 e. The summed E-state index contributed by atoms with van der Waals surface area (Å²) >= 11 is 0. The van der Waals surface area contributed by atoms with E-state index in [4.69, 9.17) is 0 Å². The summed E-state index contributed by atoms with van der Waals surface area (Å²) in [6, 6.07) is 9.08. The molecule has 3 amide bonds. The third-order valence-corrected chi connectivity index (χ3v) is 7.08. The number of carbonyl (C=O) groups is 3. The maximum atomic E-state index is 13.5. The van der Waals surface area contributed by atoms with Gasteiger partial charge in [0.1, 0.15) is 0 Å². The largest absolute Gasteiger partial charge is 0.416 e. The molecule has 2 fully saturated rings. The number of hydrogen-bond acceptors (Lipinski definition) is 4. The third-order valence-electron chi connectivity index (χ3n) is 7.08. The Kier molecular flexibility index (Phi) is 8.28. The summed E-state index contributed by atoms with van der Waals surface area (Å²) in [5, 5.41) is 2.71. The molecule has 0 aromatic heterocycles. The summed E-state index contributed by atoms with van der Waals surface area (Å²) < 4.78 is 38.6. The number of benzene rings is 2. The van der Waals surface area contributed by atoms with Crippen molar-refractivity contribution in [1.29, 1.82) is 0 Å². The van der Waals surface area contributed by atoms with E-state index in [2.05, 4.69) is 10.2 Å². The number of halogens is 3. The standard InChI is InChI=1S/C28H33F3N4O3/c1-3-33(4-2)27(38)23-18-22(32-25(36)19-8-10-21(11-9-19)28(29,30)31)12-13-24(23)34-14-5-15-35(17-16-34)26(37)20-6-7-20/h8-13,18,20H,3-7,14-17H2,1-2H3,(H,32,36). The Bertz CT molecular complexity index is 1170. The van der Waals surface area contributed by atoms with Gasteiger partial charge in [-0.3, -0.25) is 14.4 Å². The second-order valence-electron chi connectivity index (χ2n) is 9.68. The molecule has 204 valence electrons. The van der Waals surface area contributed by atoms with Crippen LogP contribution in [-0.2, 0) is 11.0 Å². The van der Waals surface area contributed by atoms with Gasteiger partial charge in [0.25, 0.3) is 11.8 Å². The van der Waals surface area contributed by atoms with Gasteiger partial charge in [0.2, 0.25) is 5.91 Å². The Balaban J connectivity index is 1.56. The first kappa shape index (κ1) is 27.5. The molecular formula is C28H33F3N4O3. The Morgan fingerprint density at radius 3 is 2.24 bits per heavy atom. The lowest BCUT2D eigenvalue weighted by atomic mass is 10.1. The van der Waals surface area contributed by atoms with Crippen LogP contribution in [0, 0.1) is 5.92 Å². The minimum atomic E-state index is -4.49. The van der Waals surface area contributed by atoms with Crippen molar-refractivity contribution in [3.63, 3.8) is 0 Å². The minimum absolute atomic E-state index is 0.0756. The van der Waals surface area contributed by atoms with E-state index < -0.39 is 17.6 Å². The number of alkyl halides is 3. The summed E-state index contributed by atoms with van der Waals surface area (Å²) in [7, 11) is 0. The van der Waals surface area contributed by atoms with Crippen molar-refractivity contribution < 1.29 is 27.6 Å². The van der Waals surface area contributed by atoms with Gasteiger partial charge in [-0.2, -0.15) is 13.2 Å². The predicted molar refractivity (Wildman–Crippen MR) is 139 cm³/mol. The molecule has 7 nitrogen and oxygen atoms in total. The quantitative estimate of drug-likeness (QED) is 0.554.